The second-order valence-electron chi connectivity index (χ2n) is 10.3. The molecule has 0 amide bonds. The third kappa shape index (κ3) is 6.85. The van der Waals surface area contributed by atoms with Crippen LogP contribution >= 0.6 is 23.0 Å². The van der Waals surface area contributed by atoms with E-state index in [-0.39, 0.29) is 35.7 Å². The maximum Gasteiger partial charge on any atom is 0.168 e. The first-order valence-corrected chi connectivity index (χ1v) is 14.4. The Balaban J connectivity index is 2.06. The van der Waals surface area contributed by atoms with Crippen LogP contribution in [0.15, 0.2) is 52.2 Å². The number of nitrogens with two attached hydrogens (primary N) is 1. The van der Waals surface area contributed by atoms with E-state index < -0.39 is 17.1 Å². The van der Waals surface area contributed by atoms with Crippen molar-refractivity contribution in [2.24, 2.45) is 16.6 Å². The smallest absolute Gasteiger partial charge is 0.168 e. The Morgan fingerprint density at radius 1 is 1.33 bits per heavy atom. The summed E-state index contributed by atoms with van der Waals surface area (Å²) < 4.78 is 22.3. The lowest BCUT2D eigenvalue weighted by Gasteiger charge is -2.41. The number of allylic oxidation sites excluding steroid dienone is 4. The number of hydrogen-bond acceptors (Lipinski definition) is 7. The van der Waals surface area contributed by atoms with E-state index in [1.54, 1.807) is 12.1 Å². The standard InChI is InChI=1S/C30H38FIN4O3/c1-3-29(39-32,24-7-5-4-6-8-24)26-15-23(20-37)28(27(31)16-26)30(38,25-11-9-21(2)10-12-25)36-14-13-35-19-22(17-33)18-34/h9,11,15-17,19-20,24,36,38H,3-8,10,12-14,33H2,1-2H3/b22-17-,35-19-. The Kier molecular flexibility index (Phi) is 11.4. The molecule has 0 aliphatic heterocycles. The number of benzene rings is 1. The summed E-state index contributed by atoms with van der Waals surface area (Å²) in [5.41, 5.74) is 5.23. The molecule has 0 bridgehead atoms. The molecule has 39 heavy (non-hydrogen) atoms. The number of carbonyl (C=O) groups is 1. The molecule has 1 aromatic rings. The number of nitrogens with zero attached hydrogens (tertiary/aromatic N) is 2. The summed E-state index contributed by atoms with van der Waals surface area (Å²) >= 11 is 1.91. The number of rotatable bonds is 12. The minimum atomic E-state index is -1.93. The van der Waals surface area contributed by atoms with Crippen molar-refractivity contribution in [3.05, 3.63) is 69.7 Å². The van der Waals surface area contributed by atoms with Crippen LogP contribution in [0.5, 0.6) is 0 Å². The summed E-state index contributed by atoms with van der Waals surface area (Å²) in [7, 11) is 0. The van der Waals surface area contributed by atoms with E-state index in [2.05, 4.69) is 10.3 Å². The Labute approximate surface area is 244 Å². The zero-order valence-corrected chi connectivity index (χ0v) is 24.8. The average molecular weight is 649 g/mol. The van der Waals surface area contributed by atoms with Crippen LogP contribution in [0.1, 0.15) is 86.7 Å². The summed E-state index contributed by atoms with van der Waals surface area (Å²) in [6.45, 7) is 4.38. The van der Waals surface area contributed by atoms with Crippen LogP contribution in [0.25, 0.3) is 0 Å². The molecular formula is C30H38FIN4O3. The molecule has 2 aliphatic rings. The maximum absolute atomic E-state index is 16.2. The van der Waals surface area contributed by atoms with Crippen LogP contribution in [-0.4, -0.2) is 30.7 Å². The van der Waals surface area contributed by atoms with E-state index in [0.717, 1.165) is 37.5 Å². The van der Waals surface area contributed by atoms with Crippen LogP contribution in [0.4, 0.5) is 4.39 Å². The summed E-state index contributed by atoms with van der Waals surface area (Å²) in [5, 5.41) is 24.1. The molecule has 9 heteroatoms. The fraction of sp³-hybridized carbons (Fsp3) is 0.500. The number of nitriles is 1. The van der Waals surface area contributed by atoms with Crippen LogP contribution in [0, 0.1) is 23.1 Å². The molecule has 7 nitrogen and oxygen atoms in total. The van der Waals surface area contributed by atoms with E-state index >= 15 is 4.39 Å². The molecule has 1 fully saturated rings. The minimum absolute atomic E-state index is 0.0793. The van der Waals surface area contributed by atoms with Gasteiger partial charge >= 0.3 is 0 Å². The quantitative estimate of drug-likeness (QED) is 0.0636. The number of carbonyl (C=O) groups excluding carboxylic acids is 1. The number of aliphatic hydroxyl groups is 1. The highest BCUT2D eigenvalue weighted by Crippen LogP contribution is 2.47. The van der Waals surface area contributed by atoms with Gasteiger partial charge < -0.3 is 13.9 Å². The van der Waals surface area contributed by atoms with E-state index in [4.69, 9.17) is 14.1 Å². The van der Waals surface area contributed by atoms with Gasteiger partial charge in [-0.25, -0.2) is 4.39 Å². The van der Waals surface area contributed by atoms with Crippen LogP contribution in [0.2, 0.25) is 0 Å². The number of halogens is 2. The predicted molar refractivity (Wildman–Crippen MR) is 160 cm³/mol. The van der Waals surface area contributed by atoms with Gasteiger partial charge in [0.2, 0.25) is 0 Å². The largest absolute Gasteiger partial charge is 0.403 e. The molecule has 1 aromatic carbocycles. The van der Waals surface area contributed by atoms with Crippen molar-refractivity contribution < 1.29 is 17.4 Å². The maximum atomic E-state index is 16.2. The summed E-state index contributed by atoms with van der Waals surface area (Å²) in [6.07, 6.45) is 14.0. The number of hydrogen-bond donors (Lipinski definition) is 3. The second-order valence-corrected chi connectivity index (χ2v) is 10.7. The van der Waals surface area contributed by atoms with Crippen LogP contribution in [-0.2, 0) is 14.4 Å². The SMILES string of the molecule is CCC(OI)(c1cc(F)c(C(O)(NCC/N=C\C(C#N)=C/N)C2=CC=C(C)CC2)c(C=O)c1)C1CCCCC1. The summed E-state index contributed by atoms with van der Waals surface area (Å²) in [6, 6.07) is 5.03. The highest BCUT2D eigenvalue weighted by Gasteiger charge is 2.44. The van der Waals surface area contributed by atoms with E-state index in [1.165, 1.54) is 18.7 Å². The van der Waals surface area contributed by atoms with Crippen molar-refractivity contribution in [2.45, 2.75) is 76.5 Å². The first kappa shape index (κ1) is 31.1. The van der Waals surface area contributed by atoms with Gasteiger partial charge in [-0.15, -0.1) is 0 Å². The first-order chi connectivity index (χ1) is 18.8. The van der Waals surface area contributed by atoms with Crippen molar-refractivity contribution in [1.29, 1.82) is 5.26 Å². The number of nitrogens with one attached hydrogen (secondary N) is 1. The predicted octanol–water partition coefficient (Wildman–Crippen LogP) is 6.03. The second kappa shape index (κ2) is 14.3. The van der Waals surface area contributed by atoms with Crippen molar-refractivity contribution in [1.82, 2.24) is 5.32 Å². The molecule has 0 spiro atoms. The number of aldehydes is 1. The van der Waals surface area contributed by atoms with Gasteiger partial charge in [-0.1, -0.05) is 43.9 Å². The lowest BCUT2D eigenvalue weighted by Crippen LogP contribution is -2.47. The van der Waals surface area contributed by atoms with Crippen molar-refractivity contribution in [3.63, 3.8) is 0 Å². The molecule has 0 radical (unpaired) electrons. The Bertz CT molecular complexity index is 1190. The van der Waals surface area contributed by atoms with Crippen LogP contribution in [0.3, 0.4) is 0 Å². The molecule has 0 heterocycles. The summed E-state index contributed by atoms with van der Waals surface area (Å²) in [5.74, 6) is -0.456. The minimum Gasteiger partial charge on any atom is -0.403 e. The highest BCUT2D eigenvalue weighted by atomic mass is 127. The van der Waals surface area contributed by atoms with Gasteiger partial charge in [0.15, 0.2) is 12.0 Å². The molecule has 210 valence electrons. The average Bonchev–Trinajstić information content (AvgIpc) is 2.96. The fourth-order valence-electron chi connectivity index (χ4n) is 5.79. The van der Waals surface area contributed by atoms with Gasteiger partial charge in [0.1, 0.15) is 40.5 Å². The number of aliphatic imine (C=N–C) groups is 1. The molecule has 2 atom stereocenters. The molecule has 2 unspecified atom stereocenters. The normalized spacial score (nSPS) is 20.1. The van der Waals surface area contributed by atoms with E-state index in [9.17, 15) is 9.90 Å². The van der Waals surface area contributed by atoms with E-state index in [0.29, 0.717) is 36.7 Å². The highest BCUT2D eigenvalue weighted by molar-refractivity contribution is 14.1. The van der Waals surface area contributed by atoms with E-state index in [1.807, 2.05) is 49.0 Å². The van der Waals surface area contributed by atoms with Crippen molar-refractivity contribution in [2.75, 3.05) is 13.1 Å². The van der Waals surface area contributed by atoms with Gasteiger partial charge in [-0.05, 0) is 68.2 Å². The van der Waals surface area contributed by atoms with Gasteiger partial charge in [0.25, 0.3) is 0 Å². The van der Waals surface area contributed by atoms with Gasteiger partial charge in [0, 0.05) is 30.1 Å². The third-order valence-corrected chi connectivity index (χ3v) is 8.79. The molecule has 1 saturated carbocycles. The monoisotopic (exact) mass is 648 g/mol. The molecule has 2 aliphatic carbocycles. The molecule has 3 rings (SSSR count). The lowest BCUT2D eigenvalue weighted by atomic mass is 9.71. The molecule has 4 N–H and O–H groups in total. The molecule has 0 aromatic heterocycles. The summed E-state index contributed by atoms with van der Waals surface area (Å²) in [4.78, 5) is 16.6. The van der Waals surface area contributed by atoms with Gasteiger partial charge in [-0.3, -0.25) is 15.1 Å². The van der Waals surface area contributed by atoms with Crippen molar-refractivity contribution in [3.8, 4) is 6.07 Å². The fourth-order valence-corrected chi connectivity index (χ4v) is 6.71. The Hall–Kier alpha value is -2.39. The Morgan fingerprint density at radius 3 is 2.64 bits per heavy atom. The van der Waals surface area contributed by atoms with Gasteiger partial charge in [-0.2, -0.15) is 5.26 Å². The lowest BCUT2D eigenvalue weighted by molar-refractivity contribution is 0.0200. The zero-order valence-electron chi connectivity index (χ0n) is 22.7. The molecular weight excluding hydrogens is 610 g/mol. The molecule has 0 saturated heterocycles. The zero-order chi connectivity index (χ0) is 28.5. The Morgan fingerprint density at radius 2 is 2.08 bits per heavy atom. The van der Waals surface area contributed by atoms with Crippen LogP contribution < -0.4 is 11.1 Å². The van der Waals surface area contributed by atoms with Crippen molar-refractivity contribution >= 4 is 35.5 Å². The third-order valence-electron chi connectivity index (χ3n) is 8.01. The topological polar surface area (TPSA) is 121 Å². The first-order valence-electron chi connectivity index (χ1n) is 13.5. The van der Waals surface area contributed by atoms with Gasteiger partial charge in [0.05, 0.1) is 12.1 Å².